The summed E-state index contributed by atoms with van der Waals surface area (Å²) in [6, 6.07) is 10.6. The molecule has 1 aliphatic rings. The standard InChI is InChI=1S/C18H21NO4S/c1-13-4-6-16(10-14(13)2)24(20,21)19-12-15-5-7-17-18(11-15)23-9-3-8-22-17/h4-7,10-11,19H,3,8-9,12H2,1-2H3. The van der Waals surface area contributed by atoms with Gasteiger partial charge in [0.05, 0.1) is 18.1 Å². The summed E-state index contributed by atoms with van der Waals surface area (Å²) in [6.07, 6.45) is 0.837. The molecule has 0 saturated heterocycles. The van der Waals surface area contributed by atoms with Crippen molar-refractivity contribution >= 4 is 10.0 Å². The van der Waals surface area contributed by atoms with Crippen LogP contribution in [0.1, 0.15) is 23.1 Å². The van der Waals surface area contributed by atoms with Gasteiger partial charge in [0.1, 0.15) is 0 Å². The second-order valence-electron chi connectivity index (χ2n) is 5.90. The lowest BCUT2D eigenvalue weighted by atomic mass is 10.1. The maximum Gasteiger partial charge on any atom is 0.240 e. The summed E-state index contributed by atoms with van der Waals surface area (Å²) in [5.41, 5.74) is 2.84. The van der Waals surface area contributed by atoms with Crippen LogP contribution in [-0.2, 0) is 16.6 Å². The number of fused-ring (bicyclic) bond motifs is 1. The highest BCUT2D eigenvalue weighted by Crippen LogP contribution is 2.30. The van der Waals surface area contributed by atoms with Crippen molar-refractivity contribution in [3.8, 4) is 11.5 Å². The minimum absolute atomic E-state index is 0.200. The van der Waals surface area contributed by atoms with Crippen LogP contribution in [0, 0.1) is 13.8 Å². The first-order valence-electron chi connectivity index (χ1n) is 7.91. The number of sulfonamides is 1. The predicted molar refractivity (Wildman–Crippen MR) is 92.0 cm³/mol. The van der Waals surface area contributed by atoms with E-state index in [1.807, 2.05) is 38.1 Å². The van der Waals surface area contributed by atoms with E-state index in [2.05, 4.69) is 4.72 Å². The quantitative estimate of drug-likeness (QED) is 0.923. The fraction of sp³-hybridized carbons (Fsp3) is 0.333. The molecule has 0 spiro atoms. The summed E-state index contributed by atoms with van der Waals surface area (Å²) >= 11 is 0. The molecule has 0 bridgehead atoms. The average molecular weight is 347 g/mol. The van der Waals surface area contributed by atoms with Crippen molar-refractivity contribution in [2.45, 2.75) is 31.7 Å². The maximum atomic E-state index is 12.4. The monoisotopic (exact) mass is 347 g/mol. The van der Waals surface area contributed by atoms with Gasteiger partial charge >= 0.3 is 0 Å². The highest BCUT2D eigenvalue weighted by Gasteiger charge is 2.16. The normalized spacial score (nSPS) is 14.2. The zero-order valence-corrected chi connectivity index (χ0v) is 14.7. The molecule has 1 aliphatic heterocycles. The smallest absolute Gasteiger partial charge is 0.240 e. The SMILES string of the molecule is Cc1ccc(S(=O)(=O)NCc2ccc3c(c2)OCCCO3)cc1C. The third-order valence-electron chi connectivity index (χ3n) is 4.07. The fourth-order valence-electron chi connectivity index (χ4n) is 2.46. The molecule has 24 heavy (non-hydrogen) atoms. The third kappa shape index (κ3) is 3.71. The molecule has 128 valence electrons. The van der Waals surface area contributed by atoms with E-state index < -0.39 is 10.0 Å². The van der Waals surface area contributed by atoms with Crippen molar-refractivity contribution in [3.05, 3.63) is 53.1 Å². The van der Waals surface area contributed by atoms with Crippen LogP contribution in [0.25, 0.3) is 0 Å². The summed E-state index contributed by atoms with van der Waals surface area (Å²) in [4.78, 5) is 0.278. The number of hydrogen-bond acceptors (Lipinski definition) is 4. The first-order valence-corrected chi connectivity index (χ1v) is 9.39. The summed E-state index contributed by atoms with van der Waals surface area (Å²) in [6.45, 7) is 5.29. The Morgan fingerprint density at radius 1 is 0.958 bits per heavy atom. The zero-order valence-electron chi connectivity index (χ0n) is 13.8. The second kappa shape index (κ2) is 6.83. The van der Waals surface area contributed by atoms with E-state index in [9.17, 15) is 8.42 Å². The van der Waals surface area contributed by atoms with Crippen LogP contribution in [0.15, 0.2) is 41.3 Å². The van der Waals surface area contributed by atoms with E-state index in [4.69, 9.17) is 9.47 Å². The third-order valence-corrected chi connectivity index (χ3v) is 5.47. The highest BCUT2D eigenvalue weighted by atomic mass is 32.2. The van der Waals surface area contributed by atoms with Crippen LogP contribution in [0.4, 0.5) is 0 Å². The van der Waals surface area contributed by atoms with E-state index in [0.717, 1.165) is 23.1 Å². The van der Waals surface area contributed by atoms with Gasteiger partial charge in [-0.15, -0.1) is 0 Å². The largest absolute Gasteiger partial charge is 0.490 e. The number of ether oxygens (including phenoxy) is 2. The number of hydrogen-bond donors (Lipinski definition) is 1. The Labute approximate surface area is 142 Å². The lowest BCUT2D eigenvalue weighted by molar-refractivity contribution is 0.297. The van der Waals surface area contributed by atoms with Crippen LogP contribution in [0.2, 0.25) is 0 Å². The van der Waals surface area contributed by atoms with Gasteiger partial charge in [-0.05, 0) is 54.8 Å². The van der Waals surface area contributed by atoms with Gasteiger partial charge in [-0.2, -0.15) is 0 Å². The summed E-state index contributed by atoms with van der Waals surface area (Å²) in [5.74, 6) is 1.36. The van der Waals surface area contributed by atoms with Crippen LogP contribution in [0.3, 0.4) is 0 Å². The minimum atomic E-state index is -3.55. The summed E-state index contributed by atoms with van der Waals surface area (Å²) in [5, 5.41) is 0. The Bertz CT molecular complexity index is 846. The van der Waals surface area contributed by atoms with Gasteiger partial charge in [0, 0.05) is 13.0 Å². The number of rotatable bonds is 4. The molecule has 1 N–H and O–H groups in total. The molecule has 0 aromatic heterocycles. The summed E-state index contributed by atoms with van der Waals surface area (Å²) < 4.78 is 38.7. The number of benzene rings is 2. The minimum Gasteiger partial charge on any atom is -0.490 e. The first kappa shape index (κ1) is 16.8. The molecular weight excluding hydrogens is 326 g/mol. The lowest BCUT2D eigenvalue weighted by Crippen LogP contribution is -2.23. The molecule has 0 fully saturated rings. The van der Waals surface area contributed by atoms with Crippen molar-refractivity contribution in [1.82, 2.24) is 4.72 Å². The first-order chi connectivity index (χ1) is 11.5. The van der Waals surface area contributed by atoms with Crippen LogP contribution < -0.4 is 14.2 Å². The number of nitrogens with one attached hydrogen (secondary N) is 1. The fourth-order valence-corrected chi connectivity index (χ4v) is 3.56. The molecule has 3 rings (SSSR count). The molecule has 0 radical (unpaired) electrons. The van der Waals surface area contributed by atoms with Crippen molar-refractivity contribution in [1.29, 1.82) is 0 Å². The molecule has 0 aliphatic carbocycles. The molecule has 5 nitrogen and oxygen atoms in total. The average Bonchev–Trinajstić information content (AvgIpc) is 2.80. The zero-order chi connectivity index (χ0) is 17.2. The topological polar surface area (TPSA) is 64.6 Å². The van der Waals surface area contributed by atoms with Crippen molar-refractivity contribution in [3.63, 3.8) is 0 Å². The van der Waals surface area contributed by atoms with Crippen LogP contribution in [-0.4, -0.2) is 21.6 Å². The highest BCUT2D eigenvalue weighted by molar-refractivity contribution is 7.89. The van der Waals surface area contributed by atoms with E-state index in [1.54, 1.807) is 12.1 Å². The van der Waals surface area contributed by atoms with Gasteiger partial charge in [0.25, 0.3) is 0 Å². The van der Waals surface area contributed by atoms with Gasteiger partial charge in [0.15, 0.2) is 11.5 Å². The molecular formula is C18H21NO4S. The Hall–Kier alpha value is -2.05. The predicted octanol–water partition coefficient (Wildman–Crippen LogP) is 2.94. The lowest BCUT2D eigenvalue weighted by Gasteiger charge is -2.11. The second-order valence-corrected chi connectivity index (χ2v) is 7.67. The van der Waals surface area contributed by atoms with Gasteiger partial charge in [-0.25, -0.2) is 13.1 Å². The van der Waals surface area contributed by atoms with E-state index in [-0.39, 0.29) is 11.4 Å². The van der Waals surface area contributed by atoms with Gasteiger partial charge in [-0.3, -0.25) is 0 Å². The van der Waals surface area contributed by atoms with E-state index >= 15 is 0 Å². The molecule has 1 heterocycles. The Morgan fingerprint density at radius 2 is 1.71 bits per heavy atom. The Kier molecular flexibility index (Phi) is 4.78. The van der Waals surface area contributed by atoms with Crippen molar-refractivity contribution in [2.24, 2.45) is 0 Å². The van der Waals surface area contributed by atoms with E-state index in [0.29, 0.717) is 24.7 Å². The Morgan fingerprint density at radius 3 is 2.46 bits per heavy atom. The van der Waals surface area contributed by atoms with E-state index in [1.165, 1.54) is 0 Å². The maximum absolute atomic E-state index is 12.4. The number of aryl methyl sites for hydroxylation is 2. The van der Waals surface area contributed by atoms with Crippen LogP contribution in [0.5, 0.6) is 11.5 Å². The molecule has 2 aromatic carbocycles. The van der Waals surface area contributed by atoms with Gasteiger partial charge in [-0.1, -0.05) is 12.1 Å². The van der Waals surface area contributed by atoms with Crippen molar-refractivity contribution < 1.29 is 17.9 Å². The van der Waals surface area contributed by atoms with Crippen molar-refractivity contribution in [2.75, 3.05) is 13.2 Å². The van der Waals surface area contributed by atoms with Gasteiger partial charge < -0.3 is 9.47 Å². The molecule has 6 heteroatoms. The molecule has 0 saturated carbocycles. The van der Waals surface area contributed by atoms with Gasteiger partial charge in [0.2, 0.25) is 10.0 Å². The Balaban J connectivity index is 1.75. The molecule has 2 aromatic rings. The van der Waals surface area contributed by atoms with Crippen LogP contribution >= 0.6 is 0 Å². The molecule has 0 atom stereocenters. The molecule has 0 amide bonds. The summed E-state index contributed by atoms with van der Waals surface area (Å²) in [7, 11) is -3.55. The molecule has 0 unspecified atom stereocenters.